The zero-order valence-corrected chi connectivity index (χ0v) is 18.7. The normalized spacial score (nSPS) is 12.3. The highest BCUT2D eigenvalue weighted by molar-refractivity contribution is 5.79. The van der Waals surface area contributed by atoms with E-state index in [4.69, 9.17) is 9.73 Å². The highest BCUT2D eigenvalue weighted by Gasteiger charge is 2.21. The maximum absolute atomic E-state index is 5.14. The monoisotopic (exact) mass is 400 g/mol. The molecule has 1 aromatic heterocycles. The van der Waals surface area contributed by atoms with Gasteiger partial charge in [-0.2, -0.15) is 0 Å². The Morgan fingerprint density at radius 3 is 2.48 bits per heavy atom. The van der Waals surface area contributed by atoms with E-state index in [1.165, 1.54) is 11.1 Å². The Kier molecular flexibility index (Phi) is 8.64. The van der Waals surface area contributed by atoms with E-state index in [1.54, 1.807) is 7.11 Å². The Morgan fingerprint density at radius 2 is 1.90 bits per heavy atom. The highest BCUT2D eigenvalue weighted by Crippen LogP contribution is 2.22. The number of methoxy groups -OCH3 is 1. The maximum atomic E-state index is 5.14. The molecule has 0 radical (unpaired) electrons. The number of guanidine groups is 1. The third kappa shape index (κ3) is 6.85. The number of benzene rings is 1. The first kappa shape index (κ1) is 22.9. The van der Waals surface area contributed by atoms with Gasteiger partial charge in [-0.1, -0.05) is 45.0 Å². The van der Waals surface area contributed by atoms with Crippen molar-refractivity contribution in [2.24, 2.45) is 12.0 Å². The number of hydrogen-bond donors (Lipinski definition) is 2. The fourth-order valence-electron chi connectivity index (χ4n) is 2.93. The fraction of sp³-hybridized carbons (Fsp3) is 0.591. The van der Waals surface area contributed by atoms with Crippen molar-refractivity contribution in [1.29, 1.82) is 0 Å². The van der Waals surface area contributed by atoms with Gasteiger partial charge in [-0.25, -0.2) is 4.99 Å². The SMILES string of the molecule is CCc1ccc(C(C)(C)CNC(=NCc2nnc(C)n2C)NCCCOC)cc1. The van der Waals surface area contributed by atoms with Gasteiger partial charge in [0.05, 0.1) is 0 Å². The van der Waals surface area contributed by atoms with Gasteiger partial charge in [0, 0.05) is 39.3 Å². The molecular formula is C22H36N6O. The third-order valence-electron chi connectivity index (χ3n) is 5.22. The molecule has 2 aromatic rings. The molecular weight excluding hydrogens is 364 g/mol. The minimum Gasteiger partial charge on any atom is -0.385 e. The zero-order chi connectivity index (χ0) is 21.3. The van der Waals surface area contributed by atoms with Gasteiger partial charge in [0.1, 0.15) is 12.4 Å². The van der Waals surface area contributed by atoms with Crippen LogP contribution in [0.1, 0.15) is 50.0 Å². The van der Waals surface area contributed by atoms with E-state index >= 15 is 0 Å². The van der Waals surface area contributed by atoms with Crippen LogP contribution in [0, 0.1) is 6.92 Å². The van der Waals surface area contributed by atoms with E-state index in [0.29, 0.717) is 6.54 Å². The summed E-state index contributed by atoms with van der Waals surface area (Å²) in [5.74, 6) is 2.50. The van der Waals surface area contributed by atoms with Gasteiger partial charge < -0.3 is 19.9 Å². The largest absolute Gasteiger partial charge is 0.385 e. The molecule has 2 rings (SSSR count). The van der Waals surface area contributed by atoms with Crippen LogP contribution in [-0.4, -0.2) is 47.5 Å². The van der Waals surface area contributed by atoms with Crippen molar-refractivity contribution < 1.29 is 4.74 Å². The zero-order valence-electron chi connectivity index (χ0n) is 18.7. The van der Waals surface area contributed by atoms with Gasteiger partial charge >= 0.3 is 0 Å². The first-order valence-electron chi connectivity index (χ1n) is 10.3. The minimum atomic E-state index is -0.0252. The molecule has 0 spiro atoms. The average molecular weight is 401 g/mol. The van der Waals surface area contributed by atoms with Crippen LogP contribution in [0.3, 0.4) is 0 Å². The van der Waals surface area contributed by atoms with Crippen LogP contribution >= 0.6 is 0 Å². The van der Waals surface area contributed by atoms with Gasteiger partial charge in [0.25, 0.3) is 0 Å². The number of hydrogen-bond acceptors (Lipinski definition) is 4. The predicted molar refractivity (Wildman–Crippen MR) is 118 cm³/mol. The van der Waals surface area contributed by atoms with E-state index < -0.39 is 0 Å². The summed E-state index contributed by atoms with van der Waals surface area (Å²) in [6.45, 7) is 11.4. The molecule has 0 saturated heterocycles. The molecule has 0 atom stereocenters. The number of aromatic nitrogens is 3. The molecule has 1 aromatic carbocycles. The summed E-state index contributed by atoms with van der Waals surface area (Å²) < 4.78 is 7.10. The number of nitrogens with zero attached hydrogens (tertiary/aromatic N) is 4. The van der Waals surface area contributed by atoms with E-state index in [2.05, 4.69) is 65.9 Å². The Bertz CT molecular complexity index is 779. The predicted octanol–water partition coefficient (Wildman–Crippen LogP) is 2.74. The van der Waals surface area contributed by atoms with Crippen LogP contribution in [-0.2, 0) is 30.2 Å². The molecule has 0 unspecified atom stereocenters. The smallest absolute Gasteiger partial charge is 0.191 e. The highest BCUT2D eigenvalue weighted by atomic mass is 16.5. The topological polar surface area (TPSA) is 76.4 Å². The molecule has 0 saturated carbocycles. The molecule has 0 aliphatic carbocycles. The molecule has 7 heteroatoms. The fourth-order valence-corrected chi connectivity index (χ4v) is 2.93. The molecule has 0 bridgehead atoms. The van der Waals surface area contributed by atoms with E-state index in [-0.39, 0.29) is 5.41 Å². The van der Waals surface area contributed by atoms with Crippen LogP contribution in [0.15, 0.2) is 29.3 Å². The van der Waals surface area contributed by atoms with Crippen molar-refractivity contribution in [3.63, 3.8) is 0 Å². The molecule has 0 fully saturated rings. The van der Waals surface area contributed by atoms with Crippen molar-refractivity contribution in [1.82, 2.24) is 25.4 Å². The van der Waals surface area contributed by atoms with E-state index in [9.17, 15) is 0 Å². The summed E-state index contributed by atoms with van der Waals surface area (Å²) in [5, 5.41) is 15.2. The van der Waals surface area contributed by atoms with E-state index in [1.807, 2.05) is 18.5 Å². The van der Waals surface area contributed by atoms with E-state index in [0.717, 1.165) is 50.1 Å². The van der Waals surface area contributed by atoms with Crippen LogP contribution in [0.4, 0.5) is 0 Å². The number of aryl methyl sites for hydroxylation is 2. The summed E-state index contributed by atoms with van der Waals surface area (Å²) in [6.07, 6.45) is 1.98. The lowest BCUT2D eigenvalue weighted by Crippen LogP contribution is -2.44. The lowest BCUT2D eigenvalue weighted by molar-refractivity contribution is 0.195. The minimum absolute atomic E-state index is 0.0252. The molecule has 1 heterocycles. The Morgan fingerprint density at radius 1 is 1.17 bits per heavy atom. The second-order valence-electron chi connectivity index (χ2n) is 7.95. The molecule has 29 heavy (non-hydrogen) atoms. The van der Waals surface area contributed by atoms with Gasteiger partial charge in [-0.3, -0.25) is 0 Å². The van der Waals surface area contributed by atoms with Gasteiger partial charge in [-0.15, -0.1) is 10.2 Å². The lowest BCUT2D eigenvalue weighted by atomic mass is 9.84. The summed E-state index contributed by atoms with van der Waals surface area (Å²) >= 11 is 0. The quantitative estimate of drug-likeness (QED) is 0.364. The summed E-state index contributed by atoms with van der Waals surface area (Å²) in [7, 11) is 3.68. The van der Waals surface area contributed by atoms with Crippen LogP contribution < -0.4 is 10.6 Å². The average Bonchev–Trinajstić information content (AvgIpc) is 3.04. The summed E-state index contributed by atoms with van der Waals surface area (Å²) in [4.78, 5) is 4.72. The molecule has 7 nitrogen and oxygen atoms in total. The van der Waals surface area contributed by atoms with Crippen molar-refractivity contribution in [3.05, 3.63) is 47.0 Å². The Balaban J connectivity index is 2.04. The second kappa shape index (κ2) is 11.0. The van der Waals surface area contributed by atoms with Gasteiger partial charge in [0.2, 0.25) is 0 Å². The number of aliphatic imine (C=N–C) groups is 1. The van der Waals surface area contributed by atoms with Crippen molar-refractivity contribution in [3.8, 4) is 0 Å². The summed E-state index contributed by atoms with van der Waals surface area (Å²) in [6, 6.07) is 8.88. The van der Waals surface area contributed by atoms with Crippen molar-refractivity contribution in [2.45, 2.75) is 52.5 Å². The van der Waals surface area contributed by atoms with Gasteiger partial charge in [-0.05, 0) is 30.9 Å². The molecule has 160 valence electrons. The van der Waals surface area contributed by atoms with Crippen LogP contribution in [0.5, 0.6) is 0 Å². The first-order chi connectivity index (χ1) is 13.9. The maximum Gasteiger partial charge on any atom is 0.191 e. The first-order valence-corrected chi connectivity index (χ1v) is 10.3. The van der Waals surface area contributed by atoms with Crippen molar-refractivity contribution in [2.75, 3.05) is 26.8 Å². The number of ether oxygens (including phenoxy) is 1. The number of nitrogens with one attached hydrogen (secondary N) is 2. The third-order valence-corrected chi connectivity index (χ3v) is 5.22. The Labute approximate surface area is 175 Å². The molecule has 0 aliphatic heterocycles. The second-order valence-corrected chi connectivity index (χ2v) is 7.95. The molecule has 0 aliphatic rings. The Hall–Kier alpha value is -2.41. The molecule has 2 N–H and O–H groups in total. The van der Waals surface area contributed by atoms with Gasteiger partial charge in [0.15, 0.2) is 11.8 Å². The number of rotatable bonds is 10. The molecule has 0 amide bonds. The van der Waals surface area contributed by atoms with Crippen LogP contribution in [0.2, 0.25) is 0 Å². The van der Waals surface area contributed by atoms with Crippen LogP contribution in [0.25, 0.3) is 0 Å². The standard InChI is InChI=1S/C22H36N6O/c1-7-18-9-11-19(12-10-18)22(3,4)16-25-21(23-13-8-14-29-6)24-15-20-27-26-17(2)28(20)5/h9-12H,7-8,13-16H2,1-6H3,(H2,23,24,25). The lowest BCUT2D eigenvalue weighted by Gasteiger charge is -2.27. The van der Waals surface area contributed by atoms with Crippen molar-refractivity contribution >= 4 is 5.96 Å². The summed E-state index contributed by atoms with van der Waals surface area (Å²) in [5.41, 5.74) is 2.64.